The first kappa shape index (κ1) is 25.8. The number of hydrogen-bond acceptors (Lipinski definition) is 5. The number of carbonyl (C=O) groups excluding carboxylic acids is 2. The van der Waals surface area contributed by atoms with Crippen LogP contribution in [0.2, 0.25) is 0 Å². The molecule has 3 aromatic rings. The molecule has 2 aromatic carbocycles. The first-order valence-electron chi connectivity index (χ1n) is 13.6. The van der Waals surface area contributed by atoms with Gasteiger partial charge in [-0.1, -0.05) is 48.4 Å². The monoisotopic (exact) mass is 512 g/mol. The van der Waals surface area contributed by atoms with Gasteiger partial charge in [-0.25, -0.2) is 0 Å². The number of aromatic nitrogens is 1. The van der Waals surface area contributed by atoms with Crippen molar-refractivity contribution >= 4 is 17.6 Å². The summed E-state index contributed by atoms with van der Waals surface area (Å²) in [6.07, 6.45) is 11.7. The highest BCUT2D eigenvalue weighted by Gasteiger charge is 2.30. The van der Waals surface area contributed by atoms with Crippen LogP contribution >= 0.6 is 0 Å². The number of allylic oxidation sites excluding steroid dienone is 1. The fourth-order valence-electron chi connectivity index (χ4n) is 5.83. The van der Waals surface area contributed by atoms with E-state index in [1.54, 1.807) is 24.4 Å². The van der Waals surface area contributed by atoms with Crippen LogP contribution in [0.5, 0.6) is 17.2 Å². The number of benzene rings is 2. The second kappa shape index (κ2) is 11.7. The second-order valence-corrected chi connectivity index (χ2v) is 10.4. The van der Waals surface area contributed by atoms with Crippen LogP contribution in [0.25, 0.3) is 6.08 Å². The Hall–Kier alpha value is -3.80. The summed E-state index contributed by atoms with van der Waals surface area (Å²) >= 11 is 0. The molecule has 1 aliphatic heterocycles. The largest absolute Gasteiger partial charge is 0.664 e. The maximum atomic E-state index is 13.4. The number of ether oxygens (including phenoxy) is 1. The third-order valence-electron chi connectivity index (χ3n) is 7.77. The van der Waals surface area contributed by atoms with Crippen LogP contribution in [-0.2, 0) is 28.9 Å². The van der Waals surface area contributed by atoms with Gasteiger partial charge in [-0.15, -0.1) is 5.69 Å². The Kier molecular flexibility index (Phi) is 7.97. The molecular weight excluding hydrogens is 478 g/mol. The van der Waals surface area contributed by atoms with Crippen LogP contribution in [0.1, 0.15) is 72.4 Å². The van der Waals surface area contributed by atoms with Crippen molar-refractivity contribution in [1.29, 1.82) is 0 Å². The molecule has 0 radical (unpaired) electrons. The van der Waals surface area contributed by atoms with E-state index < -0.39 is 0 Å². The second-order valence-electron chi connectivity index (χ2n) is 10.4. The van der Waals surface area contributed by atoms with Crippen molar-refractivity contribution in [1.82, 2.24) is 4.98 Å². The van der Waals surface area contributed by atoms with E-state index in [-0.39, 0.29) is 47.7 Å². The molecule has 2 unspecified atom stereocenters. The molecule has 0 spiro atoms. The molecule has 0 fully saturated rings. The molecule has 5 rings (SSSR count). The Morgan fingerprint density at radius 1 is 1.05 bits per heavy atom. The quantitative estimate of drug-likeness (QED) is 0.253. The summed E-state index contributed by atoms with van der Waals surface area (Å²) in [5, 5.41) is 19.8. The first-order valence-corrected chi connectivity index (χ1v) is 13.6. The van der Waals surface area contributed by atoms with Crippen LogP contribution in [-0.4, -0.2) is 28.4 Å². The third-order valence-corrected chi connectivity index (χ3v) is 7.77. The van der Waals surface area contributed by atoms with Crippen LogP contribution in [0.4, 0.5) is 0 Å². The maximum Gasteiger partial charge on any atom is 0.164 e. The number of carbonyl (C=O) groups is 2. The van der Waals surface area contributed by atoms with Gasteiger partial charge in [0, 0.05) is 17.9 Å². The molecule has 6 nitrogen and oxygen atoms in total. The van der Waals surface area contributed by atoms with E-state index in [1.165, 1.54) is 0 Å². The molecule has 1 aromatic heterocycles. The van der Waals surface area contributed by atoms with Crippen LogP contribution < -0.4 is 9.72 Å². The molecular formula is C32H34NO5-. The number of ketones is 2. The van der Waals surface area contributed by atoms with E-state index >= 15 is 0 Å². The predicted molar refractivity (Wildman–Crippen MR) is 146 cm³/mol. The highest BCUT2D eigenvalue weighted by molar-refractivity contribution is 6.01. The fourth-order valence-corrected chi connectivity index (χ4v) is 5.83. The summed E-state index contributed by atoms with van der Waals surface area (Å²) in [6, 6.07) is 12.8. The zero-order chi connectivity index (χ0) is 26.5. The lowest BCUT2D eigenvalue weighted by Gasteiger charge is -2.30. The van der Waals surface area contributed by atoms with Crippen molar-refractivity contribution in [2.45, 2.75) is 63.7 Å². The maximum absolute atomic E-state index is 13.4. The van der Waals surface area contributed by atoms with E-state index in [4.69, 9.17) is 4.74 Å². The van der Waals surface area contributed by atoms with Gasteiger partial charge in [0.15, 0.2) is 11.5 Å². The number of phenolic OH excluding ortho intramolecular Hbond substituents is 2. The average Bonchev–Trinajstić information content (AvgIpc) is 3.40. The minimum absolute atomic E-state index is 0.0169. The van der Waals surface area contributed by atoms with Gasteiger partial charge in [0.2, 0.25) is 0 Å². The Labute approximate surface area is 223 Å². The molecule has 38 heavy (non-hydrogen) atoms. The number of phenols is 2. The Morgan fingerprint density at radius 3 is 2.82 bits per heavy atom. The lowest BCUT2D eigenvalue weighted by Crippen LogP contribution is -2.25. The number of Topliss-reactive ketones (excluding diaryl/α,β-unsaturated/α-hetero) is 2. The number of aryl methyl sites for hydroxylation is 2. The normalized spacial score (nSPS) is 17.9. The van der Waals surface area contributed by atoms with Gasteiger partial charge in [-0.2, -0.15) is 6.20 Å². The summed E-state index contributed by atoms with van der Waals surface area (Å²) in [6.45, 7) is 0.587. The molecule has 2 atom stereocenters. The van der Waals surface area contributed by atoms with Gasteiger partial charge in [-0.3, -0.25) is 9.59 Å². The summed E-state index contributed by atoms with van der Waals surface area (Å²) in [7, 11) is 0. The topological polar surface area (TPSA) is 97.9 Å². The highest BCUT2D eigenvalue weighted by atomic mass is 16.5. The zero-order valence-corrected chi connectivity index (χ0v) is 21.6. The molecule has 6 heteroatoms. The van der Waals surface area contributed by atoms with Gasteiger partial charge in [0.1, 0.15) is 17.3 Å². The lowest BCUT2D eigenvalue weighted by atomic mass is 9.75. The van der Waals surface area contributed by atoms with Crippen molar-refractivity contribution in [2.75, 3.05) is 6.61 Å². The summed E-state index contributed by atoms with van der Waals surface area (Å²) in [5.41, 5.74) is 5.09. The summed E-state index contributed by atoms with van der Waals surface area (Å²) in [5.74, 6) is 0.554. The molecule has 2 aliphatic rings. The molecule has 2 N–H and O–H groups in total. The SMILES string of the molecule is O=C(CCc1ccc(O)c2c1CCCO2)CC(=O)C1C=Cc2[n-]ccc2C1CCCCc1cccc(O)c1. The minimum Gasteiger partial charge on any atom is -0.664 e. The van der Waals surface area contributed by atoms with Crippen molar-refractivity contribution in [2.24, 2.45) is 5.92 Å². The lowest BCUT2D eigenvalue weighted by molar-refractivity contribution is -0.128. The molecule has 198 valence electrons. The summed E-state index contributed by atoms with van der Waals surface area (Å²) < 4.78 is 5.64. The van der Waals surface area contributed by atoms with Gasteiger partial charge < -0.3 is 19.9 Å². The predicted octanol–water partition coefficient (Wildman–Crippen LogP) is 5.68. The van der Waals surface area contributed by atoms with Gasteiger partial charge in [0.25, 0.3) is 0 Å². The van der Waals surface area contributed by atoms with E-state index in [0.29, 0.717) is 18.8 Å². The Balaban J connectivity index is 1.18. The minimum atomic E-state index is -0.328. The standard InChI is InChI=1S/C32H34NO5/c34-23-7-3-6-21(19-23)5-1-2-8-26-27-16-17-33-29(27)14-13-28(26)31(37)20-24(35)12-10-22-11-15-30(36)32-25(22)9-4-18-38-32/h3,6-7,11,13-17,19,26,28,34,36H,1-2,4-5,8-10,12,18,20H2/q-1. The van der Waals surface area contributed by atoms with Crippen LogP contribution in [0, 0.1) is 5.92 Å². The average molecular weight is 513 g/mol. The van der Waals surface area contributed by atoms with Crippen molar-refractivity contribution in [3.63, 3.8) is 0 Å². The van der Waals surface area contributed by atoms with E-state index in [9.17, 15) is 19.8 Å². The molecule has 0 saturated heterocycles. The fraction of sp³-hybridized carbons (Fsp3) is 0.375. The van der Waals surface area contributed by atoms with Gasteiger partial charge >= 0.3 is 0 Å². The number of hydrogen-bond donors (Lipinski definition) is 2. The van der Waals surface area contributed by atoms with E-state index in [1.807, 2.05) is 36.4 Å². The highest BCUT2D eigenvalue weighted by Crippen LogP contribution is 2.39. The van der Waals surface area contributed by atoms with Crippen molar-refractivity contribution < 1.29 is 24.5 Å². The number of fused-ring (bicyclic) bond motifs is 2. The van der Waals surface area contributed by atoms with Crippen molar-refractivity contribution in [3.05, 3.63) is 82.7 Å². The van der Waals surface area contributed by atoms with E-state index in [0.717, 1.165) is 66.5 Å². The molecule has 2 heterocycles. The van der Waals surface area contributed by atoms with Crippen LogP contribution in [0.15, 0.2) is 54.7 Å². The smallest absolute Gasteiger partial charge is 0.164 e. The van der Waals surface area contributed by atoms with Gasteiger partial charge in [0.05, 0.1) is 13.0 Å². The molecule has 1 aliphatic carbocycles. The first-order chi connectivity index (χ1) is 18.5. The Morgan fingerprint density at radius 2 is 1.95 bits per heavy atom. The van der Waals surface area contributed by atoms with Crippen molar-refractivity contribution in [3.8, 4) is 17.2 Å². The number of aromatic hydroxyl groups is 2. The number of rotatable bonds is 11. The molecule has 0 bridgehead atoms. The number of nitrogens with zero attached hydrogens (tertiary/aromatic N) is 1. The molecule has 0 amide bonds. The number of unbranched alkanes of at least 4 members (excludes halogenated alkanes) is 1. The third kappa shape index (κ3) is 5.85. The van der Waals surface area contributed by atoms with E-state index in [2.05, 4.69) is 4.98 Å². The van der Waals surface area contributed by atoms with Gasteiger partial charge in [-0.05, 0) is 73.8 Å². The van der Waals surface area contributed by atoms with Crippen LogP contribution in [0.3, 0.4) is 0 Å². The zero-order valence-electron chi connectivity index (χ0n) is 21.6. The molecule has 0 saturated carbocycles. The summed E-state index contributed by atoms with van der Waals surface area (Å²) in [4.78, 5) is 30.7. The Bertz CT molecular complexity index is 1340.